The zero-order valence-corrected chi connectivity index (χ0v) is 12.6. The van der Waals surface area contributed by atoms with Crippen molar-refractivity contribution in [2.24, 2.45) is 5.92 Å². The van der Waals surface area contributed by atoms with Crippen LogP contribution in [0, 0.1) is 12.8 Å². The zero-order chi connectivity index (χ0) is 15.2. The lowest BCUT2D eigenvalue weighted by Crippen LogP contribution is -2.56. The number of hydrogen-bond donors (Lipinski definition) is 1. The molecule has 112 valence electrons. The van der Waals surface area contributed by atoms with E-state index in [1.165, 1.54) is 4.90 Å². The van der Waals surface area contributed by atoms with Gasteiger partial charge in [0, 0.05) is 0 Å². The third kappa shape index (κ3) is 2.09. The minimum Gasteiger partial charge on any atom is -0.394 e. The Balaban J connectivity index is 2.00. The summed E-state index contributed by atoms with van der Waals surface area (Å²) in [5.74, 6) is 0.0861. The van der Waals surface area contributed by atoms with Crippen LogP contribution in [0.25, 0.3) is 0 Å². The van der Waals surface area contributed by atoms with Crippen LogP contribution in [-0.4, -0.2) is 34.0 Å². The van der Waals surface area contributed by atoms with Gasteiger partial charge in [-0.3, -0.25) is 14.5 Å². The van der Waals surface area contributed by atoms with Crippen molar-refractivity contribution in [3.05, 3.63) is 34.9 Å². The van der Waals surface area contributed by atoms with Crippen molar-refractivity contribution in [3.63, 3.8) is 0 Å². The van der Waals surface area contributed by atoms with E-state index in [0.717, 1.165) is 18.4 Å². The Kier molecular flexibility index (Phi) is 3.36. The second kappa shape index (κ2) is 4.95. The number of nitrogens with zero attached hydrogens (tertiary/aromatic N) is 1. The highest BCUT2D eigenvalue weighted by molar-refractivity contribution is 6.22. The molecule has 0 radical (unpaired) electrons. The number of carbonyl (C=O) groups is 2. The number of hydrogen-bond acceptors (Lipinski definition) is 3. The predicted octanol–water partition coefficient (Wildman–Crippen LogP) is 2.53. The van der Waals surface area contributed by atoms with Gasteiger partial charge in [0.2, 0.25) is 0 Å². The van der Waals surface area contributed by atoms with Crippen molar-refractivity contribution < 1.29 is 14.7 Å². The Hall–Kier alpha value is -1.68. The number of aliphatic hydroxyl groups excluding tert-OH is 1. The summed E-state index contributed by atoms with van der Waals surface area (Å²) in [5, 5.41) is 9.91. The number of aliphatic hydroxyl groups is 1. The molecule has 2 amide bonds. The minimum absolute atomic E-state index is 0.149. The molecule has 1 aromatic rings. The van der Waals surface area contributed by atoms with Gasteiger partial charge in [0.15, 0.2) is 0 Å². The number of carbonyl (C=O) groups excluding carboxylic acids is 2. The minimum atomic E-state index is -0.715. The maximum Gasteiger partial charge on any atom is 0.262 e. The van der Waals surface area contributed by atoms with Crippen LogP contribution in [0.2, 0.25) is 0 Å². The fraction of sp³-hybridized carbons (Fsp3) is 0.529. The van der Waals surface area contributed by atoms with Gasteiger partial charge in [-0.25, -0.2) is 0 Å². The zero-order valence-electron chi connectivity index (χ0n) is 12.6. The highest BCUT2D eigenvalue weighted by Crippen LogP contribution is 2.40. The molecule has 0 spiro atoms. The van der Waals surface area contributed by atoms with Crippen LogP contribution in [0.4, 0.5) is 0 Å². The van der Waals surface area contributed by atoms with Crippen LogP contribution in [0.15, 0.2) is 18.2 Å². The van der Waals surface area contributed by atoms with Gasteiger partial charge in [-0.05, 0) is 50.7 Å². The summed E-state index contributed by atoms with van der Waals surface area (Å²) in [7, 11) is 0. The molecular formula is C17H21NO3. The summed E-state index contributed by atoms with van der Waals surface area (Å²) in [4.78, 5) is 26.7. The van der Waals surface area contributed by atoms with Crippen LogP contribution in [0.1, 0.15) is 58.9 Å². The Morgan fingerprint density at radius 2 is 1.81 bits per heavy atom. The maximum atomic E-state index is 12.7. The molecular weight excluding hydrogens is 266 g/mol. The van der Waals surface area contributed by atoms with Crippen molar-refractivity contribution in [3.8, 4) is 0 Å². The van der Waals surface area contributed by atoms with Crippen molar-refractivity contribution in [2.45, 2.75) is 45.1 Å². The van der Waals surface area contributed by atoms with Crippen LogP contribution < -0.4 is 0 Å². The molecule has 1 fully saturated rings. The molecule has 0 aromatic heterocycles. The third-order valence-electron chi connectivity index (χ3n) is 5.02. The summed E-state index contributed by atoms with van der Waals surface area (Å²) in [5.41, 5.74) is 1.20. The van der Waals surface area contributed by atoms with E-state index in [1.54, 1.807) is 12.1 Å². The molecule has 1 aliphatic carbocycles. The molecule has 0 bridgehead atoms. The van der Waals surface area contributed by atoms with E-state index in [0.29, 0.717) is 29.9 Å². The Bertz CT molecular complexity index is 600. The number of fused-ring (bicyclic) bond motifs is 1. The molecule has 0 unspecified atom stereocenters. The summed E-state index contributed by atoms with van der Waals surface area (Å²) in [6, 6.07) is 5.34. The molecule has 1 aliphatic heterocycles. The van der Waals surface area contributed by atoms with Crippen molar-refractivity contribution in [1.82, 2.24) is 4.90 Å². The molecule has 4 heteroatoms. The van der Waals surface area contributed by atoms with E-state index < -0.39 is 5.54 Å². The van der Waals surface area contributed by atoms with Crippen molar-refractivity contribution >= 4 is 11.8 Å². The third-order valence-corrected chi connectivity index (χ3v) is 5.02. The normalized spacial score (nSPS) is 28.9. The molecule has 1 aromatic carbocycles. The topological polar surface area (TPSA) is 57.6 Å². The van der Waals surface area contributed by atoms with Crippen LogP contribution >= 0.6 is 0 Å². The lowest BCUT2D eigenvalue weighted by Gasteiger charge is -2.43. The highest BCUT2D eigenvalue weighted by Gasteiger charge is 2.49. The first-order valence-corrected chi connectivity index (χ1v) is 7.59. The van der Waals surface area contributed by atoms with Gasteiger partial charge in [0.25, 0.3) is 11.8 Å². The Labute approximate surface area is 124 Å². The second-order valence-corrected chi connectivity index (χ2v) is 6.56. The van der Waals surface area contributed by atoms with Gasteiger partial charge in [-0.15, -0.1) is 0 Å². The molecule has 21 heavy (non-hydrogen) atoms. The fourth-order valence-electron chi connectivity index (χ4n) is 3.54. The van der Waals surface area contributed by atoms with Gasteiger partial charge in [-0.2, -0.15) is 0 Å². The van der Waals surface area contributed by atoms with Gasteiger partial charge in [-0.1, -0.05) is 18.6 Å². The van der Waals surface area contributed by atoms with E-state index in [4.69, 9.17) is 0 Å². The summed E-state index contributed by atoms with van der Waals surface area (Å²) in [6.07, 6.45) is 3.25. The predicted molar refractivity (Wildman–Crippen MR) is 79.1 cm³/mol. The molecule has 3 rings (SSSR count). The van der Waals surface area contributed by atoms with Gasteiger partial charge in [0.1, 0.15) is 0 Å². The first-order chi connectivity index (χ1) is 9.98. The first kappa shape index (κ1) is 14.3. The summed E-state index contributed by atoms with van der Waals surface area (Å²) >= 11 is 0. The van der Waals surface area contributed by atoms with E-state index in [-0.39, 0.29) is 18.4 Å². The highest BCUT2D eigenvalue weighted by atomic mass is 16.3. The van der Waals surface area contributed by atoms with E-state index in [2.05, 4.69) is 6.92 Å². The monoisotopic (exact) mass is 287 g/mol. The SMILES string of the molecule is Cc1ccc2c(c1)C(=O)N(C1(CO)CCC(C)CC1)C2=O. The number of amides is 2. The molecule has 4 nitrogen and oxygen atoms in total. The summed E-state index contributed by atoms with van der Waals surface area (Å²) in [6.45, 7) is 3.93. The molecule has 1 heterocycles. The standard InChI is InChI=1S/C17H21NO3/c1-11-5-7-17(10-19,8-6-11)18-15(20)13-4-3-12(2)9-14(13)16(18)21/h3-4,9,11,19H,5-8,10H2,1-2H3. The van der Waals surface area contributed by atoms with Gasteiger partial charge < -0.3 is 5.11 Å². The van der Waals surface area contributed by atoms with Crippen LogP contribution in [0.3, 0.4) is 0 Å². The van der Waals surface area contributed by atoms with Gasteiger partial charge in [0.05, 0.1) is 23.3 Å². The smallest absolute Gasteiger partial charge is 0.262 e. The van der Waals surface area contributed by atoms with Crippen molar-refractivity contribution in [2.75, 3.05) is 6.61 Å². The number of imide groups is 1. The Morgan fingerprint density at radius 1 is 1.19 bits per heavy atom. The number of rotatable bonds is 2. The van der Waals surface area contributed by atoms with Crippen LogP contribution in [-0.2, 0) is 0 Å². The van der Waals surface area contributed by atoms with E-state index in [9.17, 15) is 14.7 Å². The molecule has 1 saturated carbocycles. The largest absolute Gasteiger partial charge is 0.394 e. The number of aryl methyl sites for hydroxylation is 1. The van der Waals surface area contributed by atoms with Crippen molar-refractivity contribution in [1.29, 1.82) is 0 Å². The first-order valence-electron chi connectivity index (χ1n) is 7.59. The van der Waals surface area contributed by atoms with Gasteiger partial charge >= 0.3 is 0 Å². The molecule has 0 atom stereocenters. The lowest BCUT2D eigenvalue weighted by atomic mass is 9.76. The molecule has 1 N–H and O–H groups in total. The second-order valence-electron chi connectivity index (χ2n) is 6.56. The quantitative estimate of drug-likeness (QED) is 0.850. The van der Waals surface area contributed by atoms with Crippen LogP contribution in [0.5, 0.6) is 0 Å². The molecule has 2 aliphatic rings. The van der Waals surface area contributed by atoms with E-state index >= 15 is 0 Å². The number of benzene rings is 1. The fourth-order valence-corrected chi connectivity index (χ4v) is 3.54. The molecule has 0 saturated heterocycles. The maximum absolute atomic E-state index is 12.7. The lowest BCUT2D eigenvalue weighted by molar-refractivity contribution is 0.00611. The average Bonchev–Trinajstić information content (AvgIpc) is 2.73. The summed E-state index contributed by atoms with van der Waals surface area (Å²) < 4.78 is 0. The average molecular weight is 287 g/mol. The van der Waals surface area contributed by atoms with E-state index in [1.807, 2.05) is 13.0 Å². The Morgan fingerprint density at radius 3 is 2.43 bits per heavy atom.